The molecule has 0 N–H and O–H groups in total. The number of ether oxygens (including phenoxy) is 3. The largest absolute Gasteiger partial charge is 0.544 e. The average Bonchev–Trinajstić information content (AvgIpc) is 3.12. The Morgan fingerprint density at radius 3 is 1.15 bits per heavy atom. The molecule has 0 radical (unpaired) electrons. The predicted octanol–water partition coefficient (Wildman–Crippen LogP) is 11.2. The number of hydrogen-bond donors (Lipinski definition) is 0. The van der Waals surface area contributed by atoms with Gasteiger partial charge in [-0.3, -0.25) is 9.59 Å². The van der Waals surface area contributed by atoms with Crippen molar-refractivity contribution in [1.82, 2.24) is 0 Å². The Morgan fingerprint density at radius 1 is 0.481 bits per heavy atom. The zero-order valence-electron chi connectivity index (χ0n) is 36.4. The summed E-state index contributed by atoms with van der Waals surface area (Å²) >= 11 is 0. The van der Waals surface area contributed by atoms with Gasteiger partial charge in [0, 0.05) is 19.3 Å². The summed E-state index contributed by atoms with van der Waals surface area (Å²) in [6.07, 6.45) is 38.7. The lowest BCUT2D eigenvalue weighted by Crippen LogP contribution is -2.55. The van der Waals surface area contributed by atoms with Crippen LogP contribution in [0, 0.1) is 0 Å². The van der Waals surface area contributed by atoms with Gasteiger partial charge in [-0.25, -0.2) is 0 Å². The summed E-state index contributed by atoms with van der Waals surface area (Å²) in [5.74, 6) is -1.72. The van der Waals surface area contributed by atoms with Crippen LogP contribution < -0.4 is 5.11 Å². The number of likely N-dealkylation sites (N-methyl/N-ethyl adjacent to an activating group) is 1. The van der Waals surface area contributed by atoms with Crippen LogP contribution in [0.1, 0.15) is 226 Å². The van der Waals surface area contributed by atoms with Crippen LogP contribution in [0.15, 0.2) is 0 Å². The SMILES string of the molecule is CCCCCCCCCCCCCCCCCCCCCCCCCC(=O)OCC(COCCC(C(=O)[O-])[N+](C)(C)C)OC(=O)CCCCCCCCC. The predicted molar refractivity (Wildman–Crippen MR) is 222 cm³/mol. The van der Waals surface area contributed by atoms with Gasteiger partial charge in [0.05, 0.1) is 40.3 Å². The third kappa shape index (κ3) is 36.0. The fourth-order valence-electron chi connectivity index (χ4n) is 7.13. The first-order chi connectivity index (χ1) is 26.1. The van der Waals surface area contributed by atoms with Crippen molar-refractivity contribution in [2.75, 3.05) is 41.0 Å². The highest BCUT2D eigenvalue weighted by atomic mass is 16.6. The molecule has 0 fully saturated rings. The van der Waals surface area contributed by atoms with Gasteiger partial charge < -0.3 is 28.6 Å². The number of carboxylic acid groups (broad SMARTS) is 1. The van der Waals surface area contributed by atoms with Crippen molar-refractivity contribution in [3.63, 3.8) is 0 Å². The summed E-state index contributed by atoms with van der Waals surface area (Å²) in [7, 11) is 5.41. The monoisotopic (exact) mass is 768 g/mol. The topological polar surface area (TPSA) is 102 Å². The highest BCUT2D eigenvalue weighted by molar-refractivity contribution is 5.70. The second kappa shape index (κ2) is 38.2. The molecule has 0 spiro atoms. The van der Waals surface area contributed by atoms with Crippen molar-refractivity contribution in [3.05, 3.63) is 0 Å². The van der Waals surface area contributed by atoms with E-state index in [2.05, 4.69) is 13.8 Å². The summed E-state index contributed by atoms with van der Waals surface area (Å²) in [6.45, 7) is 4.65. The molecule has 0 aromatic carbocycles. The number of carbonyl (C=O) groups excluding carboxylic acids is 3. The number of nitrogens with zero attached hydrogens (tertiary/aromatic N) is 1. The van der Waals surface area contributed by atoms with Gasteiger partial charge in [0.2, 0.25) is 0 Å². The van der Waals surface area contributed by atoms with Gasteiger partial charge in [0.25, 0.3) is 0 Å². The van der Waals surface area contributed by atoms with Gasteiger partial charge in [-0.05, 0) is 12.8 Å². The molecule has 320 valence electrons. The summed E-state index contributed by atoms with van der Waals surface area (Å²) < 4.78 is 17.1. The molecular formula is C46H89NO7. The van der Waals surface area contributed by atoms with E-state index in [1.807, 2.05) is 0 Å². The third-order valence-corrected chi connectivity index (χ3v) is 10.7. The maximum absolute atomic E-state index is 12.6. The van der Waals surface area contributed by atoms with Gasteiger partial charge in [0.15, 0.2) is 6.10 Å². The molecule has 0 aliphatic rings. The standard InChI is InChI=1S/C46H89NO7/c1-6-8-10-12-14-15-16-17-18-19-20-21-22-23-24-25-26-27-28-29-31-32-34-36-44(48)53-41-42(40-52-39-38-43(46(50)51)47(3,4)5)54-45(49)37-35-33-30-13-11-9-7-2/h42-43H,6-41H2,1-5H3. The summed E-state index contributed by atoms with van der Waals surface area (Å²) in [6, 6.07) is -0.718. The number of unbranched alkanes of at least 4 members (excludes halogenated alkanes) is 28. The summed E-state index contributed by atoms with van der Waals surface area (Å²) in [5, 5.41) is 11.6. The maximum atomic E-state index is 12.6. The van der Waals surface area contributed by atoms with Crippen LogP contribution in [-0.4, -0.2) is 75.5 Å². The Bertz CT molecular complexity index is 858. The van der Waals surface area contributed by atoms with E-state index in [1.54, 1.807) is 21.1 Å². The quantitative estimate of drug-likeness (QED) is 0.0346. The number of carboxylic acids is 1. The average molecular weight is 768 g/mol. The van der Waals surface area contributed by atoms with Crippen molar-refractivity contribution >= 4 is 17.9 Å². The number of hydrogen-bond acceptors (Lipinski definition) is 7. The van der Waals surface area contributed by atoms with E-state index in [1.165, 1.54) is 154 Å². The van der Waals surface area contributed by atoms with Crippen LogP contribution >= 0.6 is 0 Å². The fourth-order valence-corrected chi connectivity index (χ4v) is 7.13. The fraction of sp³-hybridized carbons (Fsp3) is 0.935. The normalized spacial score (nSPS) is 12.8. The highest BCUT2D eigenvalue weighted by Crippen LogP contribution is 2.16. The van der Waals surface area contributed by atoms with Gasteiger partial charge in [0.1, 0.15) is 12.6 Å². The molecular weight excluding hydrogens is 679 g/mol. The Balaban J connectivity index is 4.02. The Morgan fingerprint density at radius 2 is 0.815 bits per heavy atom. The molecule has 0 saturated carbocycles. The van der Waals surface area contributed by atoms with E-state index in [0.717, 1.165) is 38.5 Å². The molecule has 54 heavy (non-hydrogen) atoms. The summed E-state index contributed by atoms with van der Waals surface area (Å²) in [4.78, 5) is 36.6. The van der Waals surface area contributed by atoms with Crippen LogP contribution in [0.5, 0.6) is 0 Å². The molecule has 0 aliphatic carbocycles. The van der Waals surface area contributed by atoms with E-state index in [0.29, 0.717) is 12.8 Å². The molecule has 8 nitrogen and oxygen atoms in total. The van der Waals surface area contributed by atoms with Crippen molar-refractivity contribution < 1.29 is 38.2 Å². The van der Waals surface area contributed by atoms with Crippen LogP contribution in [0.3, 0.4) is 0 Å². The molecule has 0 bridgehead atoms. The van der Waals surface area contributed by atoms with E-state index in [-0.39, 0.29) is 42.7 Å². The van der Waals surface area contributed by atoms with Gasteiger partial charge >= 0.3 is 11.9 Å². The van der Waals surface area contributed by atoms with E-state index in [4.69, 9.17) is 14.2 Å². The first-order valence-corrected chi connectivity index (χ1v) is 23.1. The molecule has 2 unspecified atom stereocenters. The molecule has 0 rings (SSSR count). The minimum absolute atomic E-state index is 0.0480. The van der Waals surface area contributed by atoms with Crippen molar-refractivity contribution in [2.24, 2.45) is 0 Å². The maximum Gasteiger partial charge on any atom is 0.306 e. The second-order valence-electron chi connectivity index (χ2n) is 17.0. The number of carbonyl (C=O) groups is 3. The first kappa shape index (κ1) is 52.3. The number of quaternary nitrogens is 1. The Kier molecular flexibility index (Phi) is 37.0. The van der Waals surface area contributed by atoms with Crippen LogP contribution in [0.4, 0.5) is 0 Å². The molecule has 0 aromatic rings. The molecule has 0 heterocycles. The van der Waals surface area contributed by atoms with Crippen LogP contribution in [0.2, 0.25) is 0 Å². The number of esters is 2. The van der Waals surface area contributed by atoms with Gasteiger partial charge in [-0.15, -0.1) is 0 Å². The second-order valence-corrected chi connectivity index (χ2v) is 17.0. The Hall–Kier alpha value is -1.67. The zero-order valence-corrected chi connectivity index (χ0v) is 36.4. The lowest BCUT2D eigenvalue weighted by Gasteiger charge is -2.34. The number of aliphatic carboxylic acids is 1. The first-order valence-electron chi connectivity index (χ1n) is 23.1. The lowest BCUT2D eigenvalue weighted by atomic mass is 10.0. The molecule has 8 heteroatoms. The zero-order chi connectivity index (χ0) is 40.0. The van der Waals surface area contributed by atoms with Crippen LogP contribution in [0.25, 0.3) is 0 Å². The molecule has 2 atom stereocenters. The van der Waals surface area contributed by atoms with Gasteiger partial charge in [-0.2, -0.15) is 0 Å². The third-order valence-electron chi connectivity index (χ3n) is 10.7. The molecule has 0 amide bonds. The number of rotatable bonds is 42. The lowest BCUT2D eigenvalue weighted by molar-refractivity contribution is -0.889. The van der Waals surface area contributed by atoms with Gasteiger partial charge in [-0.1, -0.05) is 194 Å². The van der Waals surface area contributed by atoms with E-state index >= 15 is 0 Å². The van der Waals surface area contributed by atoms with E-state index < -0.39 is 18.1 Å². The summed E-state index contributed by atoms with van der Waals surface area (Å²) in [5.41, 5.74) is 0. The molecule has 0 aromatic heterocycles. The highest BCUT2D eigenvalue weighted by Gasteiger charge is 2.25. The van der Waals surface area contributed by atoms with Crippen molar-refractivity contribution in [2.45, 2.75) is 238 Å². The van der Waals surface area contributed by atoms with Crippen molar-refractivity contribution in [3.8, 4) is 0 Å². The van der Waals surface area contributed by atoms with Crippen LogP contribution in [-0.2, 0) is 28.6 Å². The minimum atomic E-state index is -1.12. The van der Waals surface area contributed by atoms with E-state index in [9.17, 15) is 19.5 Å². The molecule has 0 aliphatic heterocycles. The minimum Gasteiger partial charge on any atom is -0.544 e. The Labute approximate surface area is 334 Å². The molecule has 0 saturated heterocycles. The van der Waals surface area contributed by atoms with Crippen molar-refractivity contribution in [1.29, 1.82) is 0 Å². The smallest absolute Gasteiger partial charge is 0.306 e.